The maximum Gasteiger partial charge on any atom is 0.253 e. The number of rotatable bonds is 3. The zero-order valence-corrected chi connectivity index (χ0v) is 20.2. The Kier molecular flexibility index (Phi) is 4.75. The van der Waals surface area contributed by atoms with Gasteiger partial charge in [-0.25, -0.2) is 0 Å². The summed E-state index contributed by atoms with van der Waals surface area (Å²) in [5, 5.41) is 23.0. The van der Waals surface area contributed by atoms with Crippen molar-refractivity contribution >= 4 is 22.5 Å². The first-order chi connectivity index (χ1) is 17.5. The van der Waals surface area contributed by atoms with Gasteiger partial charge in [0.1, 0.15) is 6.23 Å². The monoisotopic (exact) mass is 479 g/mol. The van der Waals surface area contributed by atoms with Crippen molar-refractivity contribution in [3.8, 4) is 11.3 Å². The Morgan fingerprint density at radius 2 is 1.81 bits per heavy atom. The zero-order valence-electron chi connectivity index (χ0n) is 20.2. The van der Waals surface area contributed by atoms with Gasteiger partial charge in [0.05, 0.1) is 11.2 Å². The number of piperazine rings is 1. The van der Waals surface area contributed by atoms with Crippen LogP contribution in [0.5, 0.6) is 0 Å². The number of amides is 1. The lowest BCUT2D eigenvalue weighted by Gasteiger charge is -2.32. The molecule has 7 rings (SSSR count). The second-order valence-electron chi connectivity index (χ2n) is 10.4. The van der Waals surface area contributed by atoms with Crippen LogP contribution in [0.4, 0.5) is 5.69 Å². The van der Waals surface area contributed by atoms with E-state index in [4.69, 9.17) is 0 Å². The Morgan fingerprint density at radius 1 is 1.03 bits per heavy atom. The van der Waals surface area contributed by atoms with Crippen LogP contribution in [0.25, 0.3) is 22.2 Å². The number of anilines is 1. The normalized spacial score (nSPS) is 25.2. The van der Waals surface area contributed by atoms with Crippen LogP contribution in [0.3, 0.4) is 0 Å². The first kappa shape index (κ1) is 21.6. The molecule has 1 saturated carbocycles. The van der Waals surface area contributed by atoms with Gasteiger partial charge in [0.15, 0.2) is 0 Å². The lowest BCUT2D eigenvalue weighted by molar-refractivity contribution is 0.0664. The molecule has 182 valence electrons. The average molecular weight is 480 g/mol. The second-order valence-corrected chi connectivity index (χ2v) is 10.4. The van der Waals surface area contributed by atoms with Crippen molar-refractivity contribution in [1.29, 1.82) is 0 Å². The van der Waals surface area contributed by atoms with Gasteiger partial charge in [0.25, 0.3) is 5.91 Å². The fraction of sp³-hybridized carbons (Fsp3) is 0.310. The van der Waals surface area contributed by atoms with E-state index in [2.05, 4.69) is 51.7 Å². The van der Waals surface area contributed by atoms with E-state index < -0.39 is 6.23 Å². The van der Waals surface area contributed by atoms with Gasteiger partial charge < -0.3 is 20.2 Å². The molecule has 3 N–H and O–H groups in total. The van der Waals surface area contributed by atoms with Gasteiger partial charge in [-0.2, -0.15) is 5.10 Å². The van der Waals surface area contributed by atoms with Gasteiger partial charge in [0, 0.05) is 53.8 Å². The number of aromatic nitrogens is 2. The predicted octanol–water partition coefficient (Wildman–Crippen LogP) is 3.79. The molecule has 3 aliphatic rings. The van der Waals surface area contributed by atoms with Crippen LogP contribution in [0, 0.1) is 0 Å². The highest BCUT2D eigenvalue weighted by molar-refractivity contribution is 5.96. The number of nitrogens with one attached hydrogen (secondary N) is 2. The molecule has 4 aromatic rings. The van der Waals surface area contributed by atoms with Crippen molar-refractivity contribution < 1.29 is 9.90 Å². The van der Waals surface area contributed by atoms with Crippen LogP contribution >= 0.6 is 0 Å². The topological polar surface area (TPSA) is 84.5 Å². The summed E-state index contributed by atoms with van der Waals surface area (Å²) >= 11 is 0. The molecule has 1 amide bonds. The fourth-order valence-electron chi connectivity index (χ4n) is 6.17. The van der Waals surface area contributed by atoms with E-state index in [1.54, 1.807) is 0 Å². The maximum atomic E-state index is 12.9. The van der Waals surface area contributed by atoms with Gasteiger partial charge in [-0.1, -0.05) is 42.5 Å². The average Bonchev–Trinajstić information content (AvgIpc) is 3.43. The van der Waals surface area contributed by atoms with Gasteiger partial charge in [0.2, 0.25) is 0 Å². The summed E-state index contributed by atoms with van der Waals surface area (Å²) in [5.41, 5.74) is 6.77. The third-order valence-electron chi connectivity index (χ3n) is 8.40. The molecule has 1 aliphatic carbocycles. The highest BCUT2D eigenvalue weighted by Crippen LogP contribution is 2.66. The van der Waals surface area contributed by atoms with Gasteiger partial charge in [-0.3, -0.25) is 9.89 Å². The number of hydrogen-bond donors (Lipinski definition) is 3. The Hall–Kier alpha value is -3.68. The molecule has 0 radical (unpaired) electrons. The van der Waals surface area contributed by atoms with Crippen LogP contribution in [-0.4, -0.2) is 70.5 Å². The molecule has 1 saturated heterocycles. The molecule has 1 spiro atoms. The molecular weight excluding hydrogens is 450 g/mol. The SMILES string of the molecule is CN1CCN(C(=O)c2ccc(-c3n[nH]c4cc(C5CC56c5ccccc5N[C@@H]6O)ccc34)cc2)CC1. The van der Waals surface area contributed by atoms with Crippen LogP contribution in [0.1, 0.15) is 33.8 Å². The Bertz CT molecular complexity index is 1470. The molecule has 7 heteroatoms. The standard InChI is InChI=1S/C29H29N5O2/c1-33-12-14-34(15-13-33)27(35)19-8-6-18(7-9-19)26-21-11-10-20(16-25(21)31-32-26)23-17-29(23)22-4-2-3-5-24(22)30-28(29)36/h2-11,16,23,28,30,36H,12-15,17H2,1H3,(H,31,32)/t23?,28-,29?/m1/s1. The molecule has 1 aromatic heterocycles. The summed E-state index contributed by atoms with van der Waals surface area (Å²) in [6.07, 6.45) is 0.355. The smallest absolute Gasteiger partial charge is 0.253 e. The summed E-state index contributed by atoms with van der Waals surface area (Å²) in [7, 11) is 2.09. The lowest BCUT2D eigenvalue weighted by Crippen LogP contribution is -2.47. The quantitative estimate of drug-likeness (QED) is 0.416. The van der Waals surface area contributed by atoms with E-state index >= 15 is 0 Å². The number of carbonyl (C=O) groups is 1. The number of likely N-dealkylation sites (N-methyl/N-ethyl adjacent to an activating group) is 1. The molecule has 2 aliphatic heterocycles. The fourth-order valence-corrected chi connectivity index (χ4v) is 6.17. The zero-order chi connectivity index (χ0) is 24.4. The van der Waals surface area contributed by atoms with Crippen molar-refractivity contribution in [2.45, 2.75) is 24.0 Å². The molecule has 7 nitrogen and oxygen atoms in total. The number of nitrogens with zero attached hydrogens (tertiary/aromatic N) is 3. The molecule has 36 heavy (non-hydrogen) atoms. The van der Waals surface area contributed by atoms with Gasteiger partial charge in [-0.05, 0) is 54.8 Å². The minimum absolute atomic E-state index is 0.0923. The molecule has 3 heterocycles. The number of fused-ring (bicyclic) bond motifs is 3. The summed E-state index contributed by atoms with van der Waals surface area (Å²) in [4.78, 5) is 17.1. The van der Waals surface area contributed by atoms with Crippen LogP contribution in [-0.2, 0) is 5.41 Å². The first-order valence-electron chi connectivity index (χ1n) is 12.6. The number of H-pyrrole nitrogens is 1. The van der Waals surface area contributed by atoms with Crippen molar-refractivity contribution in [2.24, 2.45) is 0 Å². The van der Waals surface area contributed by atoms with Gasteiger partial charge in [-0.15, -0.1) is 0 Å². The van der Waals surface area contributed by atoms with E-state index in [9.17, 15) is 9.90 Å². The predicted molar refractivity (Wildman–Crippen MR) is 140 cm³/mol. The van der Waals surface area contributed by atoms with Crippen molar-refractivity contribution in [1.82, 2.24) is 20.0 Å². The highest BCUT2D eigenvalue weighted by atomic mass is 16.3. The van der Waals surface area contributed by atoms with Gasteiger partial charge >= 0.3 is 0 Å². The second kappa shape index (κ2) is 7.91. The maximum absolute atomic E-state index is 12.9. The number of aliphatic hydroxyl groups excluding tert-OH is 1. The highest BCUT2D eigenvalue weighted by Gasteiger charge is 2.64. The molecule has 2 unspecified atom stereocenters. The van der Waals surface area contributed by atoms with Crippen molar-refractivity contribution in [3.63, 3.8) is 0 Å². The first-order valence-corrected chi connectivity index (χ1v) is 12.6. The Labute approximate surface area is 209 Å². The summed E-state index contributed by atoms with van der Waals surface area (Å²) in [6, 6.07) is 22.5. The summed E-state index contributed by atoms with van der Waals surface area (Å²) < 4.78 is 0. The van der Waals surface area contributed by atoms with E-state index in [1.807, 2.05) is 47.4 Å². The van der Waals surface area contributed by atoms with Crippen molar-refractivity contribution in [3.05, 3.63) is 83.4 Å². The Morgan fingerprint density at radius 3 is 2.61 bits per heavy atom. The molecule has 2 fully saturated rings. The Balaban J connectivity index is 1.13. The third kappa shape index (κ3) is 3.20. The number of para-hydroxylation sites is 1. The molecule has 3 atom stereocenters. The van der Waals surface area contributed by atoms with E-state index in [1.165, 1.54) is 11.1 Å². The van der Waals surface area contributed by atoms with Crippen LogP contribution < -0.4 is 5.32 Å². The molecule has 0 bridgehead atoms. The molecular formula is C29H29N5O2. The minimum Gasteiger partial charge on any atom is -0.373 e. The van der Waals surface area contributed by atoms with E-state index in [0.29, 0.717) is 5.56 Å². The van der Waals surface area contributed by atoms with Crippen LogP contribution in [0.15, 0.2) is 66.7 Å². The summed E-state index contributed by atoms with van der Waals surface area (Å²) in [6.45, 7) is 3.36. The summed E-state index contributed by atoms with van der Waals surface area (Å²) in [5.74, 6) is 0.356. The number of hydrogen-bond acceptors (Lipinski definition) is 5. The number of aromatic amines is 1. The van der Waals surface area contributed by atoms with E-state index in [-0.39, 0.29) is 17.2 Å². The number of aliphatic hydroxyl groups is 1. The lowest BCUT2D eigenvalue weighted by atomic mass is 9.91. The third-order valence-corrected chi connectivity index (χ3v) is 8.40. The van der Waals surface area contributed by atoms with Crippen molar-refractivity contribution in [2.75, 3.05) is 38.5 Å². The minimum atomic E-state index is -0.569. The number of benzene rings is 3. The van der Waals surface area contributed by atoms with Crippen LogP contribution in [0.2, 0.25) is 0 Å². The van der Waals surface area contributed by atoms with E-state index in [0.717, 1.165) is 60.4 Å². The number of carbonyl (C=O) groups excluding carboxylic acids is 1. The largest absolute Gasteiger partial charge is 0.373 e. The molecule has 3 aromatic carbocycles.